The van der Waals surface area contributed by atoms with Crippen molar-refractivity contribution < 1.29 is 0 Å². The van der Waals surface area contributed by atoms with Crippen molar-refractivity contribution in [3.63, 3.8) is 0 Å². The lowest BCUT2D eigenvalue weighted by Gasteiger charge is -2.12. The van der Waals surface area contributed by atoms with E-state index in [1.165, 1.54) is 11.1 Å². The first-order valence-corrected chi connectivity index (χ1v) is 5.14. The van der Waals surface area contributed by atoms with Crippen LogP contribution in [0.4, 0.5) is 0 Å². The van der Waals surface area contributed by atoms with Crippen LogP contribution in [0.2, 0.25) is 0 Å². The van der Waals surface area contributed by atoms with Gasteiger partial charge in [-0.2, -0.15) is 0 Å². The molecule has 2 rings (SSSR count). The first-order chi connectivity index (χ1) is 7.42. The fraction of sp³-hybridized carbons (Fsp3) is 0.0667. The number of benzene rings is 2. The van der Waals surface area contributed by atoms with Gasteiger partial charge in [0.2, 0.25) is 0 Å². The lowest BCUT2D eigenvalue weighted by molar-refractivity contribution is 1.03. The minimum atomic E-state index is 0. The SMILES string of the molecule is C=CC(c1ccccc1)c1ccccc1.N. The monoisotopic (exact) mass is 211 g/mol. The molecule has 0 aliphatic carbocycles. The van der Waals surface area contributed by atoms with Gasteiger partial charge in [-0.05, 0) is 11.1 Å². The molecule has 0 atom stereocenters. The van der Waals surface area contributed by atoms with Crippen LogP contribution in [0.15, 0.2) is 73.3 Å². The van der Waals surface area contributed by atoms with Crippen LogP contribution in [-0.2, 0) is 0 Å². The molecule has 0 spiro atoms. The fourth-order valence-corrected chi connectivity index (χ4v) is 1.79. The third-order valence-electron chi connectivity index (χ3n) is 2.55. The predicted octanol–water partition coefficient (Wildman–Crippen LogP) is 4.17. The average molecular weight is 211 g/mol. The van der Waals surface area contributed by atoms with Crippen LogP contribution < -0.4 is 6.15 Å². The van der Waals surface area contributed by atoms with Crippen molar-refractivity contribution >= 4 is 0 Å². The van der Waals surface area contributed by atoms with Crippen molar-refractivity contribution in [3.05, 3.63) is 84.4 Å². The lowest BCUT2D eigenvalue weighted by Crippen LogP contribution is -1.96. The highest BCUT2D eigenvalue weighted by atomic mass is 14.1. The van der Waals surface area contributed by atoms with Crippen molar-refractivity contribution in [1.82, 2.24) is 6.15 Å². The van der Waals surface area contributed by atoms with Crippen LogP contribution in [0.5, 0.6) is 0 Å². The minimum absolute atomic E-state index is 0. The average Bonchev–Trinajstić information content (AvgIpc) is 2.33. The van der Waals surface area contributed by atoms with E-state index in [4.69, 9.17) is 0 Å². The van der Waals surface area contributed by atoms with Gasteiger partial charge in [-0.25, -0.2) is 0 Å². The Labute approximate surface area is 97.0 Å². The van der Waals surface area contributed by atoms with Gasteiger partial charge in [0.25, 0.3) is 0 Å². The standard InChI is InChI=1S/C15H14.H3N/c1-2-15(13-9-5-3-6-10-13)14-11-7-4-8-12-14;/h2-12,15H,1H2;1H3. The molecule has 0 saturated heterocycles. The highest BCUT2D eigenvalue weighted by Gasteiger charge is 2.08. The van der Waals surface area contributed by atoms with Gasteiger partial charge in [0.15, 0.2) is 0 Å². The van der Waals surface area contributed by atoms with Crippen molar-refractivity contribution in [2.45, 2.75) is 5.92 Å². The molecule has 16 heavy (non-hydrogen) atoms. The quantitative estimate of drug-likeness (QED) is 0.760. The molecular weight excluding hydrogens is 194 g/mol. The molecule has 0 saturated carbocycles. The van der Waals surface area contributed by atoms with E-state index in [2.05, 4.69) is 55.1 Å². The summed E-state index contributed by atoms with van der Waals surface area (Å²) in [5, 5.41) is 0. The second kappa shape index (κ2) is 5.89. The molecule has 2 aromatic carbocycles. The summed E-state index contributed by atoms with van der Waals surface area (Å²) in [6, 6.07) is 20.9. The van der Waals surface area contributed by atoms with E-state index in [9.17, 15) is 0 Å². The topological polar surface area (TPSA) is 35.0 Å². The highest BCUT2D eigenvalue weighted by molar-refractivity contribution is 5.35. The number of hydrogen-bond acceptors (Lipinski definition) is 1. The van der Waals surface area contributed by atoms with E-state index in [1.54, 1.807) is 0 Å². The van der Waals surface area contributed by atoms with Crippen molar-refractivity contribution in [2.75, 3.05) is 0 Å². The van der Waals surface area contributed by atoms with Crippen LogP contribution in [-0.4, -0.2) is 0 Å². The number of hydrogen-bond donors (Lipinski definition) is 1. The molecular formula is C15H17N. The van der Waals surface area contributed by atoms with E-state index in [1.807, 2.05) is 18.2 Å². The Bertz CT molecular complexity index is 380. The van der Waals surface area contributed by atoms with Gasteiger partial charge in [-0.1, -0.05) is 66.7 Å². The van der Waals surface area contributed by atoms with Gasteiger partial charge >= 0.3 is 0 Å². The summed E-state index contributed by atoms with van der Waals surface area (Å²) in [6.45, 7) is 3.91. The summed E-state index contributed by atoms with van der Waals surface area (Å²) in [5.41, 5.74) is 2.58. The van der Waals surface area contributed by atoms with Gasteiger partial charge in [0, 0.05) is 5.92 Å². The number of rotatable bonds is 3. The van der Waals surface area contributed by atoms with Crippen molar-refractivity contribution in [1.29, 1.82) is 0 Å². The third kappa shape index (κ3) is 2.59. The molecule has 3 N–H and O–H groups in total. The first kappa shape index (κ1) is 12.2. The third-order valence-corrected chi connectivity index (χ3v) is 2.55. The van der Waals surface area contributed by atoms with E-state index in [-0.39, 0.29) is 6.15 Å². The zero-order valence-corrected chi connectivity index (χ0v) is 9.34. The molecule has 0 aliphatic heterocycles. The normalized spacial score (nSPS) is 9.56. The Morgan fingerprint density at radius 3 is 1.44 bits per heavy atom. The lowest BCUT2D eigenvalue weighted by atomic mass is 9.92. The summed E-state index contributed by atoms with van der Waals surface area (Å²) in [5.74, 6) is 0.299. The molecule has 1 heteroatoms. The molecule has 0 bridgehead atoms. The molecule has 0 aromatic heterocycles. The Kier molecular flexibility index (Phi) is 4.49. The molecule has 0 heterocycles. The second-order valence-corrected chi connectivity index (χ2v) is 3.53. The fourth-order valence-electron chi connectivity index (χ4n) is 1.79. The molecule has 0 unspecified atom stereocenters. The minimum Gasteiger partial charge on any atom is -0.344 e. The molecule has 2 aromatic rings. The Morgan fingerprint density at radius 2 is 1.12 bits per heavy atom. The largest absolute Gasteiger partial charge is 0.344 e. The first-order valence-electron chi connectivity index (χ1n) is 5.14. The van der Waals surface area contributed by atoms with Crippen LogP contribution in [0.3, 0.4) is 0 Å². The van der Waals surface area contributed by atoms with Crippen LogP contribution in [0, 0.1) is 0 Å². The summed E-state index contributed by atoms with van der Waals surface area (Å²) in [7, 11) is 0. The van der Waals surface area contributed by atoms with E-state index in [0.717, 1.165) is 0 Å². The smallest absolute Gasteiger partial charge is 0.0266 e. The number of allylic oxidation sites excluding steroid dienone is 1. The van der Waals surface area contributed by atoms with E-state index >= 15 is 0 Å². The zero-order valence-electron chi connectivity index (χ0n) is 9.34. The maximum atomic E-state index is 3.91. The van der Waals surface area contributed by atoms with E-state index < -0.39 is 0 Å². The van der Waals surface area contributed by atoms with Crippen LogP contribution in [0.1, 0.15) is 17.0 Å². The highest BCUT2D eigenvalue weighted by Crippen LogP contribution is 2.24. The summed E-state index contributed by atoms with van der Waals surface area (Å²) in [4.78, 5) is 0. The zero-order chi connectivity index (χ0) is 10.5. The van der Waals surface area contributed by atoms with Crippen molar-refractivity contribution in [3.8, 4) is 0 Å². The molecule has 0 amide bonds. The van der Waals surface area contributed by atoms with Crippen molar-refractivity contribution in [2.24, 2.45) is 0 Å². The molecule has 82 valence electrons. The Balaban J connectivity index is 0.00000128. The summed E-state index contributed by atoms with van der Waals surface area (Å²) in [6.07, 6.45) is 1.99. The van der Waals surface area contributed by atoms with Gasteiger partial charge in [-0.3, -0.25) is 0 Å². The van der Waals surface area contributed by atoms with E-state index in [0.29, 0.717) is 5.92 Å². The summed E-state index contributed by atoms with van der Waals surface area (Å²) >= 11 is 0. The summed E-state index contributed by atoms with van der Waals surface area (Å²) < 4.78 is 0. The van der Waals surface area contributed by atoms with Crippen LogP contribution >= 0.6 is 0 Å². The Morgan fingerprint density at radius 1 is 0.750 bits per heavy atom. The van der Waals surface area contributed by atoms with Crippen LogP contribution in [0.25, 0.3) is 0 Å². The van der Waals surface area contributed by atoms with Gasteiger partial charge < -0.3 is 6.15 Å². The molecule has 0 fully saturated rings. The van der Waals surface area contributed by atoms with Gasteiger partial charge in [-0.15, -0.1) is 6.58 Å². The van der Waals surface area contributed by atoms with Gasteiger partial charge in [0.1, 0.15) is 0 Å². The second-order valence-electron chi connectivity index (χ2n) is 3.53. The maximum Gasteiger partial charge on any atom is 0.0266 e. The molecule has 1 nitrogen and oxygen atoms in total. The predicted molar refractivity (Wildman–Crippen MR) is 69.9 cm³/mol. The Hall–Kier alpha value is -1.86. The van der Waals surface area contributed by atoms with Gasteiger partial charge in [0.05, 0.1) is 0 Å². The maximum absolute atomic E-state index is 3.91. The molecule has 0 radical (unpaired) electrons. The molecule has 0 aliphatic rings.